The van der Waals surface area contributed by atoms with Crippen LogP contribution in [0.4, 0.5) is 0 Å². The van der Waals surface area contributed by atoms with Crippen LogP contribution in [0.5, 0.6) is 0 Å². The highest BCUT2D eigenvalue weighted by molar-refractivity contribution is 7.89. The van der Waals surface area contributed by atoms with Gasteiger partial charge < -0.3 is 0 Å². The molecular formula is C13H17NO2S. The first-order chi connectivity index (χ1) is 7.91. The summed E-state index contributed by atoms with van der Waals surface area (Å²) in [5.41, 5.74) is 2.05. The third-order valence-electron chi connectivity index (χ3n) is 3.21. The molecule has 0 saturated carbocycles. The molecule has 0 radical (unpaired) electrons. The molecule has 92 valence electrons. The number of benzene rings is 1. The Bertz CT molecular complexity index is 531. The quantitative estimate of drug-likeness (QED) is 0.756. The second kappa shape index (κ2) is 4.27. The standard InChI is InChI=1S/C13H17NO2S/c1-10-4-6-13(7-5-10)17(15,16)14-8-11(2)12(3)9-14/h4-7,12H,2,8-9H2,1,3H3. The number of hydrogen-bond donors (Lipinski definition) is 0. The molecule has 1 unspecified atom stereocenters. The van der Waals surface area contributed by atoms with Gasteiger partial charge in [-0.15, -0.1) is 0 Å². The molecule has 1 aliphatic rings. The van der Waals surface area contributed by atoms with Crippen molar-refractivity contribution < 1.29 is 8.42 Å². The molecule has 0 spiro atoms. The van der Waals surface area contributed by atoms with Crippen molar-refractivity contribution in [2.24, 2.45) is 5.92 Å². The SMILES string of the molecule is C=C1CN(S(=O)(=O)c2ccc(C)cc2)CC1C. The molecule has 3 nitrogen and oxygen atoms in total. The van der Waals surface area contributed by atoms with E-state index in [1.165, 1.54) is 4.31 Å². The number of aryl methyl sites for hydroxylation is 1. The van der Waals surface area contributed by atoms with Gasteiger partial charge in [-0.05, 0) is 25.0 Å². The Morgan fingerprint density at radius 2 is 1.88 bits per heavy atom. The van der Waals surface area contributed by atoms with Gasteiger partial charge in [-0.1, -0.05) is 36.8 Å². The van der Waals surface area contributed by atoms with Crippen LogP contribution in [0.25, 0.3) is 0 Å². The summed E-state index contributed by atoms with van der Waals surface area (Å²) >= 11 is 0. The molecule has 1 fully saturated rings. The molecule has 0 amide bonds. The van der Waals surface area contributed by atoms with E-state index in [2.05, 4.69) is 6.58 Å². The van der Waals surface area contributed by atoms with Gasteiger partial charge in [-0.25, -0.2) is 8.42 Å². The van der Waals surface area contributed by atoms with E-state index in [0.717, 1.165) is 11.1 Å². The van der Waals surface area contributed by atoms with Crippen LogP contribution in [-0.4, -0.2) is 25.8 Å². The number of rotatable bonds is 2. The third kappa shape index (κ3) is 2.28. The summed E-state index contributed by atoms with van der Waals surface area (Å²) in [7, 11) is -3.35. The van der Waals surface area contributed by atoms with Gasteiger partial charge in [0.2, 0.25) is 10.0 Å². The Hall–Kier alpha value is -1.13. The molecule has 1 saturated heterocycles. The summed E-state index contributed by atoms with van der Waals surface area (Å²) in [6, 6.07) is 6.97. The maximum Gasteiger partial charge on any atom is 0.243 e. The number of sulfonamides is 1. The number of nitrogens with zero attached hydrogens (tertiary/aromatic N) is 1. The van der Waals surface area contributed by atoms with E-state index < -0.39 is 10.0 Å². The highest BCUT2D eigenvalue weighted by atomic mass is 32.2. The van der Waals surface area contributed by atoms with Crippen molar-refractivity contribution in [1.29, 1.82) is 0 Å². The fourth-order valence-electron chi connectivity index (χ4n) is 1.92. The molecule has 0 N–H and O–H groups in total. The molecule has 0 bridgehead atoms. The summed E-state index contributed by atoms with van der Waals surface area (Å²) in [4.78, 5) is 0.366. The van der Waals surface area contributed by atoms with Crippen molar-refractivity contribution in [2.45, 2.75) is 18.7 Å². The molecule has 1 aliphatic heterocycles. The molecule has 17 heavy (non-hydrogen) atoms. The van der Waals surface area contributed by atoms with E-state index in [0.29, 0.717) is 18.0 Å². The topological polar surface area (TPSA) is 37.4 Å². The summed E-state index contributed by atoms with van der Waals surface area (Å²) in [5, 5.41) is 0. The van der Waals surface area contributed by atoms with E-state index >= 15 is 0 Å². The second-order valence-electron chi connectivity index (χ2n) is 4.67. The molecule has 4 heteroatoms. The van der Waals surface area contributed by atoms with Gasteiger partial charge in [0.05, 0.1) is 4.90 Å². The highest BCUT2D eigenvalue weighted by Gasteiger charge is 2.32. The zero-order valence-corrected chi connectivity index (χ0v) is 11.0. The van der Waals surface area contributed by atoms with Crippen molar-refractivity contribution in [3.8, 4) is 0 Å². The van der Waals surface area contributed by atoms with Gasteiger partial charge in [-0.2, -0.15) is 4.31 Å². The van der Waals surface area contributed by atoms with Crippen LogP contribution < -0.4 is 0 Å². The molecule has 0 aliphatic carbocycles. The highest BCUT2D eigenvalue weighted by Crippen LogP contribution is 2.26. The maximum absolute atomic E-state index is 12.3. The van der Waals surface area contributed by atoms with Crippen molar-refractivity contribution in [3.05, 3.63) is 42.0 Å². The minimum atomic E-state index is -3.35. The predicted octanol–water partition coefficient (Wildman–Crippen LogP) is 2.19. The van der Waals surface area contributed by atoms with E-state index in [-0.39, 0.29) is 5.92 Å². The van der Waals surface area contributed by atoms with Crippen molar-refractivity contribution >= 4 is 10.0 Å². The zero-order valence-electron chi connectivity index (χ0n) is 10.2. The fourth-order valence-corrected chi connectivity index (χ4v) is 3.46. The fraction of sp³-hybridized carbons (Fsp3) is 0.385. The summed E-state index contributed by atoms with van der Waals surface area (Å²) in [5.74, 6) is 0.246. The Balaban J connectivity index is 2.31. The lowest BCUT2D eigenvalue weighted by Crippen LogP contribution is -2.28. The van der Waals surface area contributed by atoms with Crippen LogP contribution in [-0.2, 0) is 10.0 Å². The minimum Gasteiger partial charge on any atom is -0.207 e. The van der Waals surface area contributed by atoms with Crippen molar-refractivity contribution in [1.82, 2.24) is 4.31 Å². The largest absolute Gasteiger partial charge is 0.243 e. The van der Waals surface area contributed by atoms with Crippen LogP contribution in [0.15, 0.2) is 41.3 Å². The Morgan fingerprint density at radius 3 is 2.35 bits per heavy atom. The molecule has 1 heterocycles. The third-order valence-corrected chi connectivity index (χ3v) is 5.04. The molecule has 2 rings (SSSR count). The first kappa shape index (κ1) is 12.3. The van der Waals surface area contributed by atoms with Crippen molar-refractivity contribution in [3.63, 3.8) is 0 Å². The molecular weight excluding hydrogens is 234 g/mol. The Morgan fingerprint density at radius 1 is 1.29 bits per heavy atom. The smallest absolute Gasteiger partial charge is 0.207 e. The predicted molar refractivity (Wildman–Crippen MR) is 68.2 cm³/mol. The molecule has 1 aromatic rings. The van der Waals surface area contributed by atoms with E-state index in [4.69, 9.17) is 0 Å². The van der Waals surface area contributed by atoms with Crippen LogP contribution in [0.1, 0.15) is 12.5 Å². The molecule has 1 aromatic carbocycles. The van der Waals surface area contributed by atoms with E-state index in [1.54, 1.807) is 12.1 Å². The lowest BCUT2D eigenvalue weighted by Gasteiger charge is -2.15. The van der Waals surface area contributed by atoms with Gasteiger partial charge in [0.15, 0.2) is 0 Å². The zero-order chi connectivity index (χ0) is 12.6. The van der Waals surface area contributed by atoms with Gasteiger partial charge in [0, 0.05) is 13.1 Å². The minimum absolute atomic E-state index is 0.246. The summed E-state index contributed by atoms with van der Waals surface area (Å²) in [6.45, 7) is 8.83. The van der Waals surface area contributed by atoms with E-state index in [1.807, 2.05) is 26.0 Å². The van der Waals surface area contributed by atoms with Crippen LogP contribution in [0.3, 0.4) is 0 Å². The first-order valence-corrected chi connectivity index (χ1v) is 7.10. The van der Waals surface area contributed by atoms with E-state index in [9.17, 15) is 8.42 Å². The average molecular weight is 251 g/mol. The average Bonchev–Trinajstić information content (AvgIpc) is 2.60. The van der Waals surface area contributed by atoms with Gasteiger partial charge in [0.1, 0.15) is 0 Å². The van der Waals surface area contributed by atoms with Crippen LogP contribution >= 0.6 is 0 Å². The van der Waals surface area contributed by atoms with Crippen LogP contribution in [0.2, 0.25) is 0 Å². The van der Waals surface area contributed by atoms with Crippen LogP contribution in [0, 0.1) is 12.8 Å². The van der Waals surface area contributed by atoms with Gasteiger partial charge in [0.25, 0.3) is 0 Å². The summed E-state index contributed by atoms with van der Waals surface area (Å²) < 4.78 is 26.1. The normalized spacial score (nSPS) is 22.0. The van der Waals surface area contributed by atoms with Gasteiger partial charge >= 0.3 is 0 Å². The lowest BCUT2D eigenvalue weighted by molar-refractivity contribution is 0.464. The van der Waals surface area contributed by atoms with Gasteiger partial charge in [-0.3, -0.25) is 0 Å². The molecule has 0 aromatic heterocycles. The second-order valence-corrected chi connectivity index (χ2v) is 6.61. The monoisotopic (exact) mass is 251 g/mol. The Labute approximate surface area is 103 Å². The number of hydrogen-bond acceptors (Lipinski definition) is 2. The van der Waals surface area contributed by atoms with Crippen molar-refractivity contribution in [2.75, 3.05) is 13.1 Å². The molecule has 1 atom stereocenters. The maximum atomic E-state index is 12.3. The lowest BCUT2D eigenvalue weighted by atomic mass is 10.1. The Kier molecular flexibility index (Phi) is 3.10. The summed E-state index contributed by atoms with van der Waals surface area (Å²) in [6.07, 6.45) is 0. The first-order valence-electron chi connectivity index (χ1n) is 5.66.